The van der Waals surface area contributed by atoms with Gasteiger partial charge in [0.2, 0.25) is 0 Å². The SMILES string of the molecule is CCCN(CCC)C(=O)c1cc2ccccc2cc1OCC(=O)NC1CC1. The Morgan fingerprint density at radius 1 is 1.07 bits per heavy atom. The topological polar surface area (TPSA) is 58.6 Å². The van der Waals surface area contributed by atoms with Gasteiger partial charge in [-0.3, -0.25) is 9.59 Å². The molecule has 1 aliphatic rings. The summed E-state index contributed by atoms with van der Waals surface area (Å²) in [5, 5.41) is 4.89. The van der Waals surface area contributed by atoms with Gasteiger partial charge in [0.05, 0.1) is 5.56 Å². The van der Waals surface area contributed by atoms with Gasteiger partial charge in [0.1, 0.15) is 5.75 Å². The van der Waals surface area contributed by atoms with E-state index >= 15 is 0 Å². The third-order valence-electron chi connectivity index (χ3n) is 4.65. The maximum absolute atomic E-state index is 13.2. The molecule has 0 saturated heterocycles. The molecule has 2 aromatic rings. The maximum atomic E-state index is 13.2. The minimum Gasteiger partial charge on any atom is -0.483 e. The Kier molecular flexibility index (Phi) is 6.32. The van der Waals surface area contributed by atoms with Gasteiger partial charge in [0.15, 0.2) is 6.61 Å². The molecule has 5 heteroatoms. The largest absolute Gasteiger partial charge is 0.483 e. The van der Waals surface area contributed by atoms with E-state index in [0.717, 1.165) is 36.5 Å². The van der Waals surface area contributed by atoms with Crippen LogP contribution in [0.1, 0.15) is 49.9 Å². The molecule has 144 valence electrons. The highest BCUT2D eigenvalue weighted by molar-refractivity contribution is 6.01. The molecule has 1 fully saturated rings. The van der Waals surface area contributed by atoms with Crippen LogP contribution in [-0.4, -0.2) is 42.5 Å². The molecular weight excluding hydrogens is 340 g/mol. The number of hydrogen-bond donors (Lipinski definition) is 1. The molecule has 27 heavy (non-hydrogen) atoms. The monoisotopic (exact) mass is 368 g/mol. The van der Waals surface area contributed by atoms with Crippen molar-refractivity contribution in [2.45, 2.75) is 45.6 Å². The predicted molar refractivity (Wildman–Crippen MR) is 107 cm³/mol. The van der Waals surface area contributed by atoms with Crippen LogP contribution >= 0.6 is 0 Å². The molecule has 0 aliphatic heterocycles. The molecule has 0 unspecified atom stereocenters. The standard InChI is InChI=1S/C22H28N2O3/c1-3-11-24(12-4-2)22(26)19-13-16-7-5-6-8-17(16)14-20(19)27-15-21(25)23-18-9-10-18/h5-8,13-14,18H,3-4,9-12,15H2,1-2H3,(H,23,25). The highest BCUT2D eigenvalue weighted by Gasteiger charge is 2.24. The number of nitrogens with one attached hydrogen (secondary N) is 1. The first-order valence-electron chi connectivity index (χ1n) is 9.86. The van der Waals surface area contributed by atoms with E-state index < -0.39 is 0 Å². The molecule has 0 bridgehead atoms. The van der Waals surface area contributed by atoms with Crippen molar-refractivity contribution < 1.29 is 14.3 Å². The second-order valence-corrected chi connectivity index (χ2v) is 7.12. The molecule has 0 atom stereocenters. The lowest BCUT2D eigenvalue weighted by atomic mass is 10.0. The van der Waals surface area contributed by atoms with Crippen molar-refractivity contribution in [2.75, 3.05) is 19.7 Å². The summed E-state index contributed by atoms with van der Waals surface area (Å²) in [6.07, 6.45) is 3.88. The van der Waals surface area contributed by atoms with E-state index in [2.05, 4.69) is 19.2 Å². The Hall–Kier alpha value is -2.56. The first-order chi connectivity index (χ1) is 13.1. The Morgan fingerprint density at radius 3 is 2.30 bits per heavy atom. The van der Waals surface area contributed by atoms with Crippen molar-refractivity contribution >= 4 is 22.6 Å². The fraction of sp³-hybridized carbons (Fsp3) is 0.455. The van der Waals surface area contributed by atoms with Gasteiger partial charge in [-0.25, -0.2) is 0 Å². The molecule has 5 nitrogen and oxygen atoms in total. The number of hydrogen-bond acceptors (Lipinski definition) is 3. The van der Waals surface area contributed by atoms with Gasteiger partial charge in [-0.2, -0.15) is 0 Å². The molecule has 0 aromatic heterocycles. The summed E-state index contributed by atoms with van der Waals surface area (Å²) in [6, 6.07) is 11.9. The normalized spacial score (nSPS) is 13.4. The van der Waals surface area contributed by atoms with Crippen LogP contribution in [0.3, 0.4) is 0 Å². The number of amides is 2. The molecule has 2 aromatic carbocycles. The van der Waals surface area contributed by atoms with Crippen LogP contribution in [-0.2, 0) is 4.79 Å². The summed E-state index contributed by atoms with van der Waals surface area (Å²) >= 11 is 0. The number of benzene rings is 2. The molecule has 0 radical (unpaired) electrons. The molecule has 3 rings (SSSR count). The van der Waals surface area contributed by atoms with Crippen LogP contribution < -0.4 is 10.1 Å². The summed E-state index contributed by atoms with van der Waals surface area (Å²) < 4.78 is 5.80. The molecular formula is C22H28N2O3. The highest BCUT2D eigenvalue weighted by atomic mass is 16.5. The second-order valence-electron chi connectivity index (χ2n) is 7.12. The fourth-order valence-corrected chi connectivity index (χ4v) is 3.17. The average molecular weight is 368 g/mol. The lowest BCUT2D eigenvalue weighted by molar-refractivity contribution is -0.123. The van der Waals surface area contributed by atoms with Crippen molar-refractivity contribution in [3.63, 3.8) is 0 Å². The molecule has 1 aliphatic carbocycles. The second kappa shape index (κ2) is 8.89. The summed E-state index contributed by atoms with van der Waals surface area (Å²) in [7, 11) is 0. The van der Waals surface area contributed by atoms with E-state index in [1.807, 2.05) is 41.3 Å². The van der Waals surface area contributed by atoms with Crippen LogP contribution in [0.2, 0.25) is 0 Å². The number of nitrogens with zero attached hydrogens (tertiary/aromatic N) is 1. The van der Waals surface area contributed by atoms with Gasteiger partial charge >= 0.3 is 0 Å². The number of ether oxygens (including phenoxy) is 1. The quantitative estimate of drug-likeness (QED) is 0.733. The van der Waals surface area contributed by atoms with E-state index in [9.17, 15) is 9.59 Å². The van der Waals surface area contributed by atoms with Gasteiger partial charge in [-0.15, -0.1) is 0 Å². The lowest BCUT2D eigenvalue weighted by Gasteiger charge is -2.23. The van der Waals surface area contributed by atoms with Gasteiger partial charge < -0.3 is 15.0 Å². The van der Waals surface area contributed by atoms with Crippen molar-refractivity contribution in [3.05, 3.63) is 42.0 Å². The molecule has 0 spiro atoms. The van der Waals surface area contributed by atoms with E-state index in [0.29, 0.717) is 30.4 Å². The Bertz CT molecular complexity index is 808. The number of fused-ring (bicyclic) bond motifs is 1. The predicted octanol–water partition coefficient (Wildman–Crippen LogP) is 3.76. The van der Waals surface area contributed by atoms with Crippen LogP contribution in [0.4, 0.5) is 0 Å². The molecule has 2 amide bonds. The summed E-state index contributed by atoms with van der Waals surface area (Å²) in [5.74, 6) is 0.298. The van der Waals surface area contributed by atoms with Crippen LogP contribution in [0.5, 0.6) is 5.75 Å². The fourth-order valence-electron chi connectivity index (χ4n) is 3.17. The third-order valence-corrected chi connectivity index (χ3v) is 4.65. The van der Waals surface area contributed by atoms with Crippen LogP contribution in [0.25, 0.3) is 10.8 Å². The maximum Gasteiger partial charge on any atom is 0.258 e. The first kappa shape index (κ1) is 19.2. The van der Waals surface area contributed by atoms with Crippen molar-refractivity contribution in [1.29, 1.82) is 0 Å². The minimum absolute atomic E-state index is 0.0398. The van der Waals surface area contributed by atoms with Gasteiger partial charge in [0.25, 0.3) is 11.8 Å². The van der Waals surface area contributed by atoms with E-state index in [-0.39, 0.29) is 18.4 Å². The summed E-state index contributed by atoms with van der Waals surface area (Å²) in [5.41, 5.74) is 0.523. The zero-order chi connectivity index (χ0) is 19.2. The number of carbonyl (C=O) groups is 2. The van der Waals surface area contributed by atoms with Crippen molar-refractivity contribution in [1.82, 2.24) is 10.2 Å². The minimum atomic E-state index is -0.136. The van der Waals surface area contributed by atoms with Crippen LogP contribution in [0, 0.1) is 0 Å². The zero-order valence-electron chi connectivity index (χ0n) is 16.2. The third kappa shape index (κ3) is 5.00. The molecule has 1 saturated carbocycles. The van der Waals surface area contributed by atoms with Crippen molar-refractivity contribution in [3.8, 4) is 5.75 Å². The van der Waals surface area contributed by atoms with Gasteiger partial charge in [-0.1, -0.05) is 38.1 Å². The zero-order valence-corrected chi connectivity index (χ0v) is 16.2. The Balaban J connectivity index is 1.87. The van der Waals surface area contributed by atoms with E-state index in [1.165, 1.54) is 0 Å². The van der Waals surface area contributed by atoms with E-state index in [4.69, 9.17) is 4.74 Å². The molecule has 1 N–H and O–H groups in total. The smallest absolute Gasteiger partial charge is 0.258 e. The number of rotatable bonds is 9. The first-order valence-corrected chi connectivity index (χ1v) is 9.86. The highest BCUT2D eigenvalue weighted by Crippen LogP contribution is 2.28. The molecule has 0 heterocycles. The lowest BCUT2D eigenvalue weighted by Crippen LogP contribution is -2.33. The Labute approximate surface area is 160 Å². The van der Waals surface area contributed by atoms with Crippen molar-refractivity contribution in [2.24, 2.45) is 0 Å². The van der Waals surface area contributed by atoms with E-state index in [1.54, 1.807) is 0 Å². The van der Waals surface area contributed by atoms with Gasteiger partial charge in [-0.05, 0) is 48.6 Å². The Morgan fingerprint density at radius 2 is 1.70 bits per heavy atom. The number of carbonyl (C=O) groups excluding carboxylic acids is 2. The summed E-state index contributed by atoms with van der Waals surface area (Å²) in [6.45, 7) is 5.48. The van der Waals surface area contributed by atoms with Crippen LogP contribution in [0.15, 0.2) is 36.4 Å². The average Bonchev–Trinajstić information content (AvgIpc) is 3.49. The summed E-state index contributed by atoms with van der Waals surface area (Å²) in [4.78, 5) is 27.0. The van der Waals surface area contributed by atoms with Gasteiger partial charge in [0, 0.05) is 19.1 Å².